The summed E-state index contributed by atoms with van der Waals surface area (Å²) in [5.74, 6) is 0. The van der Waals surface area contributed by atoms with Crippen LogP contribution in [0.5, 0.6) is 0 Å². The van der Waals surface area contributed by atoms with Crippen molar-refractivity contribution in [2.24, 2.45) is 0 Å². The van der Waals surface area contributed by atoms with Gasteiger partial charge in [-0.25, -0.2) is 0 Å². The first-order chi connectivity index (χ1) is 6.85. The third-order valence-electron chi connectivity index (χ3n) is 1.57. The second-order valence-corrected chi connectivity index (χ2v) is 4.58. The average molecular weight is 246 g/mol. The molecule has 0 spiro atoms. The van der Waals surface area contributed by atoms with Gasteiger partial charge >= 0.3 is 44.7 Å². The van der Waals surface area contributed by atoms with E-state index >= 15 is 0 Å². The summed E-state index contributed by atoms with van der Waals surface area (Å²) in [6, 6.07) is 0. The molecule has 0 N–H and O–H groups in total. The molecule has 0 rings (SSSR count). The molecule has 0 aromatic rings. The van der Waals surface area contributed by atoms with Crippen LogP contribution >= 0.6 is 0 Å². The summed E-state index contributed by atoms with van der Waals surface area (Å²) >= 11 is -2.31. The van der Waals surface area contributed by atoms with Gasteiger partial charge < -0.3 is 20.8 Å². The maximum Gasteiger partial charge on any atom is 1.00 e. The van der Waals surface area contributed by atoms with Crippen LogP contribution in [0, 0.1) is 0 Å². The van der Waals surface area contributed by atoms with E-state index in [-0.39, 0.29) is 29.6 Å². The van der Waals surface area contributed by atoms with Crippen molar-refractivity contribution in [1.29, 1.82) is 0 Å². The second kappa shape index (κ2) is 15.3. The van der Waals surface area contributed by atoms with Crippen molar-refractivity contribution in [3.8, 4) is 0 Å². The first kappa shape index (κ1) is 18.7. The van der Waals surface area contributed by atoms with Crippen molar-refractivity contribution < 1.29 is 50.4 Å². The Bertz CT molecular complexity index is 109. The summed E-state index contributed by atoms with van der Waals surface area (Å²) in [7, 11) is 3.27. The zero-order chi connectivity index (χ0) is 10.6. The fraction of sp³-hybridized carbons (Fsp3) is 1.00. The Hall–Kier alpha value is 1.33. The first-order valence-electron chi connectivity index (χ1n) is 4.83. The fourth-order valence-corrected chi connectivity index (χ4v) is 2.26. The zero-order valence-electron chi connectivity index (χ0n) is 10.3. The molecule has 0 unspecified atom stereocenters. The summed E-state index contributed by atoms with van der Waals surface area (Å²) in [6.07, 6.45) is 0. The Labute approximate surface area is 119 Å². The van der Waals surface area contributed by atoms with Crippen molar-refractivity contribution in [1.82, 2.24) is 0 Å². The van der Waals surface area contributed by atoms with Gasteiger partial charge in [0.15, 0.2) is 0 Å². The number of methoxy groups -OCH3 is 2. The molecule has 0 aliphatic heterocycles. The minimum atomic E-state index is -2.31. The van der Waals surface area contributed by atoms with E-state index in [2.05, 4.69) is 0 Å². The van der Waals surface area contributed by atoms with E-state index in [1.54, 1.807) is 14.2 Å². The standard InChI is InChI=1S/2C3H7O2.C2H5O.Al.Na.H/c2*1-5-3-2-4;1-2-3;;;/h2*2-3H2,1H3;2H2,1H3;;;/q3*-1;+2;+1;. The quantitative estimate of drug-likeness (QED) is 0.305. The topological polar surface area (TPSA) is 46.2 Å². The van der Waals surface area contributed by atoms with Crippen LogP contribution in [-0.4, -0.2) is 62.4 Å². The molecule has 0 saturated heterocycles. The van der Waals surface area contributed by atoms with Crippen LogP contribution < -0.4 is 29.6 Å². The molecule has 0 aromatic heterocycles. The van der Waals surface area contributed by atoms with Crippen molar-refractivity contribution in [3.63, 3.8) is 0 Å². The molecule has 0 aliphatic rings. The number of hydrogen-bond acceptors (Lipinski definition) is 5. The summed E-state index contributed by atoms with van der Waals surface area (Å²) in [5, 5.41) is 0. The van der Waals surface area contributed by atoms with Crippen LogP contribution in [0.4, 0.5) is 0 Å². The molecule has 7 heteroatoms. The van der Waals surface area contributed by atoms with Gasteiger partial charge in [-0.15, -0.1) is 0 Å². The van der Waals surface area contributed by atoms with Gasteiger partial charge in [-0.2, -0.15) is 0 Å². The van der Waals surface area contributed by atoms with Gasteiger partial charge in [-0.05, 0) is 13.5 Å². The van der Waals surface area contributed by atoms with E-state index in [4.69, 9.17) is 20.8 Å². The number of ether oxygens (including phenoxy) is 2. The van der Waals surface area contributed by atoms with Crippen molar-refractivity contribution >= 4 is 15.1 Å². The Morgan fingerprint density at radius 2 is 1.27 bits per heavy atom. The van der Waals surface area contributed by atoms with Crippen molar-refractivity contribution in [2.75, 3.05) is 47.3 Å². The molecular formula is C8H20AlNaO5. The first-order valence-corrected chi connectivity index (χ1v) is 6.57. The summed E-state index contributed by atoms with van der Waals surface area (Å²) in [5.41, 5.74) is 0. The largest absolute Gasteiger partial charge is 1.00 e. The maximum atomic E-state index is 5.42. The van der Waals surface area contributed by atoms with Crippen LogP contribution in [0.3, 0.4) is 0 Å². The second-order valence-electron chi connectivity index (χ2n) is 2.65. The summed E-state index contributed by atoms with van der Waals surface area (Å²) < 4.78 is 25.9. The van der Waals surface area contributed by atoms with Crippen molar-refractivity contribution in [2.45, 2.75) is 6.92 Å². The maximum absolute atomic E-state index is 5.42. The summed E-state index contributed by atoms with van der Waals surface area (Å²) in [6.45, 7) is 4.75. The van der Waals surface area contributed by atoms with E-state index in [0.717, 1.165) is 0 Å². The Balaban J connectivity index is 0. The van der Waals surface area contributed by atoms with E-state index < -0.39 is 15.1 Å². The molecule has 0 amide bonds. The fourth-order valence-electron chi connectivity index (χ4n) is 0.864. The van der Waals surface area contributed by atoms with Crippen LogP contribution in [0.25, 0.3) is 0 Å². The van der Waals surface area contributed by atoms with Gasteiger partial charge in [0.25, 0.3) is 0 Å². The smallest absolute Gasteiger partial charge is 0.616 e. The van der Waals surface area contributed by atoms with E-state index in [0.29, 0.717) is 33.0 Å². The molecule has 0 saturated carbocycles. The molecule has 86 valence electrons. The van der Waals surface area contributed by atoms with Crippen LogP contribution in [0.1, 0.15) is 6.92 Å². The molecule has 0 atom stereocenters. The van der Waals surface area contributed by atoms with Gasteiger partial charge in [0, 0.05) is 27.4 Å². The van der Waals surface area contributed by atoms with Crippen LogP contribution in [0.2, 0.25) is 0 Å². The molecule has 15 heavy (non-hydrogen) atoms. The van der Waals surface area contributed by atoms with Gasteiger partial charge in [0.05, 0.1) is 13.2 Å². The van der Waals surface area contributed by atoms with Gasteiger partial charge in [0.2, 0.25) is 0 Å². The predicted octanol–water partition coefficient (Wildman–Crippen LogP) is -2.93. The van der Waals surface area contributed by atoms with Crippen molar-refractivity contribution in [3.05, 3.63) is 0 Å². The Morgan fingerprint density at radius 3 is 1.60 bits per heavy atom. The van der Waals surface area contributed by atoms with E-state index in [1.165, 1.54) is 0 Å². The molecule has 0 heterocycles. The van der Waals surface area contributed by atoms with E-state index in [9.17, 15) is 0 Å². The van der Waals surface area contributed by atoms with Crippen LogP contribution in [-0.2, 0) is 20.8 Å². The summed E-state index contributed by atoms with van der Waals surface area (Å²) in [4.78, 5) is 0. The monoisotopic (exact) mass is 246 g/mol. The molecule has 5 nitrogen and oxygen atoms in total. The van der Waals surface area contributed by atoms with E-state index in [1.807, 2.05) is 6.92 Å². The van der Waals surface area contributed by atoms with Gasteiger partial charge in [-0.1, -0.05) is 0 Å². The van der Waals surface area contributed by atoms with Crippen LogP contribution in [0.15, 0.2) is 0 Å². The Morgan fingerprint density at radius 1 is 0.800 bits per heavy atom. The number of rotatable bonds is 10. The molecule has 0 bridgehead atoms. The van der Waals surface area contributed by atoms with Gasteiger partial charge in [0.1, 0.15) is 0 Å². The zero-order valence-corrected chi connectivity index (χ0v) is 13.7. The average Bonchev–Trinajstić information content (AvgIpc) is 2.18. The van der Waals surface area contributed by atoms with Gasteiger partial charge in [-0.3, -0.25) is 0 Å². The normalized spacial score (nSPS) is 10.4. The molecule has 0 fully saturated rings. The third kappa shape index (κ3) is 13.3. The third-order valence-corrected chi connectivity index (χ3v) is 3.55. The minimum Gasteiger partial charge on any atom is -0.616 e. The SMILES string of the molecule is CC[O][AlH-]([O]CCOC)[O]CCOC.[Na+]. The number of hydrogen-bond donors (Lipinski definition) is 0. The molecule has 0 radical (unpaired) electrons. The minimum absolute atomic E-state index is 0. The molecule has 0 aliphatic carbocycles. The molecule has 0 aromatic carbocycles. The predicted molar refractivity (Wildman–Crippen MR) is 54.4 cm³/mol. The molecular weight excluding hydrogens is 226 g/mol. The Kier molecular flexibility index (Phi) is 19.1.